The summed E-state index contributed by atoms with van der Waals surface area (Å²) in [5.74, 6) is 1.49. The van der Waals surface area contributed by atoms with E-state index in [2.05, 4.69) is 10.1 Å². The Bertz CT molecular complexity index is 596. The van der Waals surface area contributed by atoms with Crippen molar-refractivity contribution in [2.45, 2.75) is 45.8 Å². The quantitative estimate of drug-likeness (QED) is 0.886. The molecule has 0 radical (unpaired) electrons. The first-order valence-corrected chi connectivity index (χ1v) is 6.95. The fourth-order valence-corrected chi connectivity index (χ4v) is 1.90. The van der Waals surface area contributed by atoms with E-state index in [4.69, 9.17) is 15.0 Å². The van der Waals surface area contributed by atoms with Crippen LogP contribution in [0.15, 0.2) is 22.7 Å². The van der Waals surface area contributed by atoms with Crippen molar-refractivity contribution in [1.82, 2.24) is 10.1 Å². The molecule has 1 heterocycles. The summed E-state index contributed by atoms with van der Waals surface area (Å²) in [7, 11) is 0. The van der Waals surface area contributed by atoms with E-state index in [0.29, 0.717) is 23.9 Å². The van der Waals surface area contributed by atoms with E-state index < -0.39 is 0 Å². The van der Waals surface area contributed by atoms with Gasteiger partial charge in [-0.2, -0.15) is 4.98 Å². The minimum Gasteiger partial charge on any atom is -0.485 e. The van der Waals surface area contributed by atoms with Gasteiger partial charge >= 0.3 is 0 Å². The van der Waals surface area contributed by atoms with E-state index in [1.54, 1.807) is 6.07 Å². The lowest BCUT2D eigenvalue weighted by Crippen LogP contribution is -2.18. The van der Waals surface area contributed by atoms with E-state index in [1.807, 2.05) is 20.8 Å². The van der Waals surface area contributed by atoms with Crippen LogP contribution in [0.4, 0.5) is 4.39 Å². The average Bonchev–Trinajstić information content (AvgIpc) is 2.86. The number of rotatable bonds is 6. The minimum absolute atomic E-state index is 0.0770. The number of benzene rings is 1. The second-order valence-corrected chi connectivity index (χ2v) is 5.43. The molecule has 2 aromatic rings. The molecule has 0 aliphatic rings. The van der Waals surface area contributed by atoms with Crippen LogP contribution < -0.4 is 10.5 Å². The number of aromatic nitrogens is 2. The molecule has 114 valence electrons. The average molecular weight is 293 g/mol. The first-order valence-electron chi connectivity index (χ1n) is 6.95. The van der Waals surface area contributed by atoms with Crippen LogP contribution in [-0.4, -0.2) is 16.2 Å². The molecule has 1 atom stereocenters. The summed E-state index contributed by atoms with van der Waals surface area (Å²) in [5, 5.41) is 3.85. The molecular weight excluding hydrogens is 273 g/mol. The fraction of sp³-hybridized carbons (Fsp3) is 0.467. The lowest BCUT2D eigenvalue weighted by Gasteiger charge is -2.12. The Morgan fingerprint density at radius 1 is 1.33 bits per heavy atom. The molecule has 0 saturated carbocycles. The normalized spacial score (nSPS) is 12.7. The van der Waals surface area contributed by atoms with Crippen molar-refractivity contribution < 1.29 is 13.7 Å². The van der Waals surface area contributed by atoms with Gasteiger partial charge in [0.05, 0.1) is 0 Å². The Hall–Kier alpha value is -1.95. The third-order valence-electron chi connectivity index (χ3n) is 2.90. The summed E-state index contributed by atoms with van der Waals surface area (Å²) >= 11 is 0. The predicted octanol–water partition coefficient (Wildman–Crippen LogP) is 2.80. The Kier molecular flexibility index (Phi) is 4.90. The summed E-state index contributed by atoms with van der Waals surface area (Å²) < 4.78 is 24.1. The molecule has 2 rings (SSSR count). The van der Waals surface area contributed by atoms with Gasteiger partial charge in [0.1, 0.15) is 11.6 Å². The van der Waals surface area contributed by atoms with Crippen LogP contribution in [0.25, 0.3) is 0 Å². The van der Waals surface area contributed by atoms with Crippen molar-refractivity contribution >= 4 is 0 Å². The van der Waals surface area contributed by atoms with Crippen LogP contribution in [0, 0.1) is 5.82 Å². The molecule has 6 heteroatoms. The summed E-state index contributed by atoms with van der Waals surface area (Å²) in [6, 6.07) is 4.31. The van der Waals surface area contributed by atoms with Crippen molar-refractivity contribution in [3.63, 3.8) is 0 Å². The van der Waals surface area contributed by atoms with Crippen molar-refractivity contribution in [3.05, 3.63) is 41.3 Å². The Labute approximate surface area is 123 Å². The van der Waals surface area contributed by atoms with Crippen LogP contribution >= 0.6 is 0 Å². The molecule has 2 N–H and O–H groups in total. The highest BCUT2D eigenvalue weighted by Crippen LogP contribution is 2.22. The van der Waals surface area contributed by atoms with Crippen molar-refractivity contribution in [2.75, 3.05) is 0 Å². The Morgan fingerprint density at radius 3 is 2.71 bits per heavy atom. The molecule has 1 aromatic heterocycles. The Balaban J connectivity index is 2.08. The highest BCUT2D eigenvalue weighted by Gasteiger charge is 2.12. The van der Waals surface area contributed by atoms with Crippen LogP contribution in [0.2, 0.25) is 0 Å². The van der Waals surface area contributed by atoms with Gasteiger partial charge in [0, 0.05) is 12.0 Å². The van der Waals surface area contributed by atoms with Crippen molar-refractivity contribution in [3.8, 4) is 5.75 Å². The summed E-state index contributed by atoms with van der Waals surface area (Å²) in [6.45, 7) is 5.98. The smallest absolute Gasteiger partial charge is 0.229 e. The lowest BCUT2D eigenvalue weighted by molar-refractivity contribution is 0.281. The molecule has 0 amide bonds. The van der Waals surface area contributed by atoms with E-state index in [0.717, 1.165) is 5.56 Å². The molecule has 0 aliphatic heterocycles. The van der Waals surface area contributed by atoms with E-state index in [-0.39, 0.29) is 24.4 Å². The SMILES string of the molecule is CC(N)Cc1cc(F)ccc1OCc1noc(C(C)C)n1. The number of hydrogen-bond donors (Lipinski definition) is 1. The zero-order valence-electron chi connectivity index (χ0n) is 12.5. The molecule has 0 saturated heterocycles. The number of halogens is 1. The maximum Gasteiger partial charge on any atom is 0.229 e. The largest absolute Gasteiger partial charge is 0.485 e. The number of nitrogens with two attached hydrogens (primary N) is 1. The third-order valence-corrected chi connectivity index (χ3v) is 2.90. The maximum atomic E-state index is 13.3. The second kappa shape index (κ2) is 6.67. The van der Waals surface area contributed by atoms with Gasteiger partial charge in [-0.1, -0.05) is 19.0 Å². The number of nitrogens with zero attached hydrogens (tertiary/aromatic N) is 2. The van der Waals surface area contributed by atoms with Crippen molar-refractivity contribution in [1.29, 1.82) is 0 Å². The summed E-state index contributed by atoms with van der Waals surface area (Å²) in [6.07, 6.45) is 0.538. The number of hydrogen-bond acceptors (Lipinski definition) is 5. The maximum absolute atomic E-state index is 13.3. The van der Waals surface area contributed by atoms with Crippen LogP contribution in [0.3, 0.4) is 0 Å². The highest BCUT2D eigenvalue weighted by molar-refractivity contribution is 5.34. The van der Waals surface area contributed by atoms with Crippen LogP contribution in [0.5, 0.6) is 5.75 Å². The van der Waals surface area contributed by atoms with Crippen molar-refractivity contribution in [2.24, 2.45) is 5.73 Å². The molecule has 21 heavy (non-hydrogen) atoms. The molecule has 5 nitrogen and oxygen atoms in total. The van der Waals surface area contributed by atoms with Crippen LogP contribution in [0.1, 0.15) is 44.0 Å². The number of ether oxygens (including phenoxy) is 1. The molecule has 0 fully saturated rings. The van der Waals surface area contributed by atoms with Gasteiger partial charge in [-0.05, 0) is 37.1 Å². The standard InChI is InChI=1S/C15H20FN3O2/c1-9(2)15-18-14(19-21-15)8-20-13-5-4-12(16)7-11(13)6-10(3)17/h4-5,7,9-10H,6,8,17H2,1-3H3. The monoisotopic (exact) mass is 293 g/mol. The fourth-order valence-electron chi connectivity index (χ4n) is 1.90. The van der Waals surface area contributed by atoms with Gasteiger partial charge in [-0.15, -0.1) is 0 Å². The molecule has 1 unspecified atom stereocenters. The van der Waals surface area contributed by atoms with Gasteiger partial charge in [0.15, 0.2) is 6.61 Å². The first kappa shape index (κ1) is 15.4. The van der Waals surface area contributed by atoms with E-state index >= 15 is 0 Å². The van der Waals surface area contributed by atoms with E-state index in [9.17, 15) is 4.39 Å². The van der Waals surface area contributed by atoms with Gasteiger partial charge in [-0.3, -0.25) is 0 Å². The van der Waals surface area contributed by atoms with Gasteiger partial charge in [-0.25, -0.2) is 4.39 Å². The third kappa shape index (κ3) is 4.26. The topological polar surface area (TPSA) is 74.2 Å². The van der Waals surface area contributed by atoms with Gasteiger partial charge < -0.3 is 15.0 Å². The molecule has 0 aliphatic carbocycles. The predicted molar refractivity (Wildman–Crippen MR) is 76.5 cm³/mol. The first-order chi connectivity index (χ1) is 9.95. The van der Waals surface area contributed by atoms with Crippen LogP contribution in [-0.2, 0) is 13.0 Å². The molecule has 0 bridgehead atoms. The summed E-state index contributed by atoms with van der Waals surface area (Å²) in [5.41, 5.74) is 6.50. The zero-order chi connectivity index (χ0) is 15.4. The summed E-state index contributed by atoms with van der Waals surface area (Å²) in [4.78, 5) is 4.23. The van der Waals surface area contributed by atoms with Gasteiger partial charge in [0.25, 0.3) is 0 Å². The molecule has 0 spiro atoms. The Morgan fingerprint density at radius 2 is 2.10 bits per heavy atom. The molecule has 1 aromatic carbocycles. The zero-order valence-corrected chi connectivity index (χ0v) is 12.5. The molecular formula is C15H20FN3O2. The second-order valence-electron chi connectivity index (χ2n) is 5.43. The van der Waals surface area contributed by atoms with Gasteiger partial charge in [0.2, 0.25) is 11.7 Å². The highest BCUT2D eigenvalue weighted by atomic mass is 19.1. The van der Waals surface area contributed by atoms with E-state index in [1.165, 1.54) is 12.1 Å². The minimum atomic E-state index is -0.306. The lowest BCUT2D eigenvalue weighted by atomic mass is 10.1.